The quantitative estimate of drug-likeness (QED) is 0.914. The fourth-order valence-electron chi connectivity index (χ4n) is 1.96. The van der Waals surface area contributed by atoms with Gasteiger partial charge in [-0.2, -0.15) is 0 Å². The maximum atomic E-state index is 12.8. The number of benzene rings is 1. The molecular weight excluding hydrogens is 255 g/mol. The van der Waals surface area contributed by atoms with Crippen molar-refractivity contribution in [1.29, 1.82) is 0 Å². The van der Waals surface area contributed by atoms with E-state index in [0.717, 1.165) is 18.8 Å². The highest BCUT2D eigenvalue weighted by molar-refractivity contribution is 5.94. The van der Waals surface area contributed by atoms with Crippen molar-refractivity contribution in [3.8, 4) is 0 Å². The molecular formula is C13H18ClFN2O. The summed E-state index contributed by atoms with van der Waals surface area (Å²) in [5, 5.41) is 3.16. The van der Waals surface area contributed by atoms with Crippen molar-refractivity contribution in [3.63, 3.8) is 0 Å². The van der Waals surface area contributed by atoms with Crippen molar-refractivity contribution in [2.24, 2.45) is 11.8 Å². The molecule has 18 heavy (non-hydrogen) atoms. The van der Waals surface area contributed by atoms with E-state index >= 15 is 0 Å². The molecule has 1 aliphatic rings. The molecule has 1 aromatic carbocycles. The van der Waals surface area contributed by atoms with Gasteiger partial charge in [-0.1, -0.05) is 6.92 Å². The molecule has 0 bridgehead atoms. The van der Waals surface area contributed by atoms with Crippen molar-refractivity contribution >= 4 is 24.0 Å². The third-order valence-corrected chi connectivity index (χ3v) is 3.45. The van der Waals surface area contributed by atoms with Gasteiger partial charge in [-0.15, -0.1) is 12.4 Å². The standard InChI is InChI=1S/C13H17FN2O.ClH/c1-9(10-7-15-8-10)13(17)16(2)12-5-3-11(14)4-6-12;/h3-6,9-10,15H,7-8H2,1-2H3;1H. The van der Waals surface area contributed by atoms with Gasteiger partial charge < -0.3 is 10.2 Å². The Bertz CT molecular complexity index is 406. The molecule has 1 amide bonds. The predicted octanol–water partition coefficient (Wildman–Crippen LogP) is 2.07. The van der Waals surface area contributed by atoms with Crippen LogP contribution in [0.2, 0.25) is 0 Å². The average molecular weight is 273 g/mol. The number of nitrogens with zero attached hydrogens (tertiary/aromatic N) is 1. The highest BCUT2D eigenvalue weighted by Gasteiger charge is 2.30. The Morgan fingerprint density at radius 3 is 2.39 bits per heavy atom. The highest BCUT2D eigenvalue weighted by atomic mass is 35.5. The van der Waals surface area contributed by atoms with Gasteiger partial charge in [0.25, 0.3) is 0 Å². The maximum absolute atomic E-state index is 12.8. The van der Waals surface area contributed by atoms with Crippen LogP contribution in [0.25, 0.3) is 0 Å². The van der Waals surface area contributed by atoms with Crippen LogP contribution in [0.1, 0.15) is 6.92 Å². The molecule has 1 atom stereocenters. The molecule has 5 heteroatoms. The van der Waals surface area contributed by atoms with Crippen LogP contribution in [0.15, 0.2) is 24.3 Å². The van der Waals surface area contributed by atoms with Crippen LogP contribution in [0.5, 0.6) is 0 Å². The number of rotatable bonds is 3. The van der Waals surface area contributed by atoms with Crippen LogP contribution in [0.3, 0.4) is 0 Å². The Morgan fingerprint density at radius 2 is 1.94 bits per heavy atom. The summed E-state index contributed by atoms with van der Waals surface area (Å²) in [6.45, 7) is 3.77. The molecule has 1 unspecified atom stereocenters. The lowest BCUT2D eigenvalue weighted by Gasteiger charge is -2.33. The molecule has 0 aromatic heterocycles. The van der Waals surface area contributed by atoms with E-state index in [1.807, 2.05) is 6.92 Å². The van der Waals surface area contributed by atoms with Crippen LogP contribution < -0.4 is 10.2 Å². The molecule has 1 N–H and O–H groups in total. The van der Waals surface area contributed by atoms with Crippen molar-refractivity contribution in [1.82, 2.24) is 5.32 Å². The number of anilines is 1. The Balaban J connectivity index is 0.00000162. The molecule has 1 saturated heterocycles. The predicted molar refractivity (Wildman–Crippen MR) is 72.6 cm³/mol. The average Bonchev–Trinajstić information content (AvgIpc) is 2.25. The lowest BCUT2D eigenvalue weighted by molar-refractivity contribution is -0.123. The number of hydrogen-bond acceptors (Lipinski definition) is 2. The molecule has 3 nitrogen and oxygen atoms in total. The fourth-order valence-corrected chi connectivity index (χ4v) is 1.96. The van der Waals surface area contributed by atoms with E-state index in [9.17, 15) is 9.18 Å². The monoisotopic (exact) mass is 272 g/mol. The van der Waals surface area contributed by atoms with Gasteiger partial charge in [0.05, 0.1) is 0 Å². The minimum absolute atomic E-state index is 0. The summed E-state index contributed by atoms with van der Waals surface area (Å²) in [7, 11) is 1.73. The minimum atomic E-state index is -0.286. The topological polar surface area (TPSA) is 32.3 Å². The van der Waals surface area contributed by atoms with E-state index in [-0.39, 0.29) is 30.0 Å². The third kappa shape index (κ3) is 3.00. The van der Waals surface area contributed by atoms with E-state index in [1.54, 1.807) is 24.1 Å². The zero-order valence-corrected chi connectivity index (χ0v) is 11.3. The SMILES string of the molecule is CC(C(=O)N(C)c1ccc(F)cc1)C1CNC1.Cl. The van der Waals surface area contributed by atoms with Crippen LogP contribution in [-0.4, -0.2) is 26.0 Å². The summed E-state index contributed by atoms with van der Waals surface area (Å²) in [6.07, 6.45) is 0. The van der Waals surface area contributed by atoms with Crippen molar-refractivity contribution in [3.05, 3.63) is 30.1 Å². The zero-order chi connectivity index (χ0) is 12.4. The molecule has 1 heterocycles. The molecule has 2 rings (SSSR count). The first-order valence-corrected chi connectivity index (χ1v) is 5.83. The van der Waals surface area contributed by atoms with E-state index in [1.165, 1.54) is 12.1 Å². The molecule has 1 fully saturated rings. The maximum Gasteiger partial charge on any atom is 0.229 e. The molecule has 0 radical (unpaired) electrons. The van der Waals surface area contributed by atoms with Gasteiger partial charge in [-0.05, 0) is 43.3 Å². The van der Waals surface area contributed by atoms with Crippen molar-refractivity contribution in [2.45, 2.75) is 6.92 Å². The summed E-state index contributed by atoms with van der Waals surface area (Å²) in [6, 6.07) is 5.99. The summed E-state index contributed by atoms with van der Waals surface area (Å²) < 4.78 is 12.8. The molecule has 0 aliphatic carbocycles. The van der Waals surface area contributed by atoms with Crippen molar-refractivity contribution in [2.75, 3.05) is 25.0 Å². The summed E-state index contributed by atoms with van der Waals surface area (Å²) in [5.74, 6) is 0.227. The van der Waals surface area contributed by atoms with Crippen molar-refractivity contribution < 1.29 is 9.18 Å². The van der Waals surface area contributed by atoms with Gasteiger partial charge >= 0.3 is 0 Å². The first-order chi connectivity index (χ1) is 8.09. The van der Waals surface area contributed by atoms with Gasteiger partial charge in [0.15, 0.2) is 0 Å². The zero-order valence-electron chi connectivity index (χ0n) is 10.5. The fraction of sp³-hybridized carbons (Fsp3) is 0.462. The smallest absolute Gasteiger partial charge is 0.229 e. The number of carbonyl (C=O) groups excluding carboxylic acids is 1. The van der Waals surface area contributed by atoms with Gasteiger partial charge in [0.1, 0.15) is 5.82 Å². The number of carbonyl (C=O) groups is 1. The Morgan fingerprint density at radius 1 is 1.39 bits per heavy atom. The Labute approximate surface area is 113 Å². The second kappa shape index (κ2) is 6.16. The number of halogens is 2. The third-order valence-electron chi connectivity index (χ3n) is 3.45. The molecule has 1 aliphatic heterocycles. The second-order valence-electron chi connectivity index (χ2n) is 4.58. The molecule has 1 aromatic rings. The van der Waals surface area contributed by atoms with Gasteiger partial charge in [0, 0.05) is 18.7 Å². The lowest BCUT2D eigenvalue weighted by Crippen LogP contribution is -2.50. The van der Waals surface area contributed by atoms with Crippen LogP contribution >= 0.6 is 12.4 Å². The lowest BCUT2D eigenvalue weighted by atomic mass is 9.88. The van der Waals surface area contributed by atoms with Crippen LogP contribution in [0.4, 0.5) is 10.1 Å². The van der Waals surface area contributed by atoms with E-state index in [4.69, 9.17) is 0 Å². The number of nitrogens with one attached hydrogen (secondary N) is 1. The Kier molecular flexibility index (Phi) is 5.11. The van der Waals surface area contributed by atoms with Crippen LogP contribution in [-0.2, 0) is 4.79 Å². The Hall–Kier alpha value is -1.13. The normalized spacial score (nSPS) is 16.4. The van der Waals surface area contributed by atoms with Gasteiger partial charge in [0.2, 0.25) is 5.91 Å². The van der Waals surface area contributed by atoms with E-state index in [0.29, 0.717) is 5.92 Å². The van der Waals surface area contributed by atoms with E-state index < -0.39 is 0 Å². The molecule has 0 spiro atoms. The first-order valence-electron chi connectivity index (χ1n) is 5.83. The summed E-state index contributed by atoms with van der Waals surface area (Å²) in [5.41, 5.74) is 0.732. The molecule has 0 saturated carbocycles. The summed E-state index contributed by atoms with van der Waals surface area (Å²) in [4.78, 5) is 13.8. The highest BCUT2D eigenvalue weighted by Crippen LogP contribution is 2.21. The van der Waals surface area contributed by atoms with Gasteiger partial charge in [-0.3, -0.25) is 4.79 Å². The second-order valence-corrected chi connectivity index (χ2v) is 4.58. The van der Waals surface area contributed by atoms with Gasteiger partial charge in [-0.25, -0.2) is 4.39 Å². The summed E-state index contributed by atoms with van der Waals surface area (Å²) >= 11 is 0. The minimum Gasteiger partial charge on any atom is -0.316 e. The number of amides is 1. The van der Waals surface area contributed by atoms with Crippen LogP contribution in [0, 0.1) is 17.7 Å². The molecule has 100 valence electrons. The largest absolute Gasteiger partial charge is 0.316 e. The number of hydrogen-bond donors (Lipinski definition) is 1. The first kappa shape index (κ1) is 14.9. The van der Waals surface area contributed by atoms with E-state index in [2.05, 4.69) is 5.32 Å².